The number of hydrogen-bond donors (Lipinski definition) is 3. The van der Waals surface area contributed by atoms with E-state index in [9.17, 15) is 4.79 Å². The molecule has 1 amide bonds. The van der Waals surface area contributed by atoms with Crippen LogP contribution in [0.2, 0.25) is 0 Å². The van der Waals surface area contributed by atoms with Crippen molar-refractivity contribution in [1.29, 1.82) is 0 Å². The van der Waals surface area contributed by atoms with E-state index in [-0.39, 0.29) is 12.5 Å². The zero-order valence-electron chi connectivity index (χ0n) is 11.9. The second-order valence-corrected chi connectivity index (χ2v) is 4.64. The van der Waals surface area contributed by atoms with E-state index in [0.717, 1.165) is 28.0 Å². The molecule has 1 aromatic carbocycles. The van der Waals surface area contributed by atoms with Crippen molar-refractivity contribution in [2.75, 3.05) is 13.7 Å². The fourth-order valence-corrected chi connectivity index (χ4v) is 2.04. The van der Waals surface area contributed by atoms with Crippen LogP contribution >= 0.6 is 0 Å². The number of methoxy groups -OCH3 is 1. The molecule has 0 radical (unpaired) electrons. The quantitative estimate of drug-likeness (QED) is 0.727. The SMILES string of the molecule is COc1c(C)cc(CNC(=O)C(N)CO)c(C)c1C. The number of aryl methyl sites for hydroxylation is 1. The van der Waals surface area contributed by atoms with Crippen LogP contribution in [0.25, 0.3) is 0 Å². The molecule has 0 aliphatic carbocycles. The van der Waals surface area contributed by atoms with Gasteiger partial charge in [-0.1, -0.05) is 6.07 Å². The summed E-state index contributed by atoms with van der Waals surface area (Å²) in [4.78, 5) is 11.5. The standard InChI is InChI=1S/C14H22N2O3/c1-8-5-11(6-16-14(18)12(15)7-17)9(2)10(3)13(8)19-4/h5,12,17H,6-7,15H2,1-4H3,(H,16,18). The van der Waals surface area contributed by atoms with Gasteiger partial charge in [-0.15, -0.1) is 0 Å². The Bertz CT molecular complexity index is 472. The molecule has 0 spiro atoms. The first-order chi connectivity index (χ1) is 8.92. The van der Waals surface area contributed by atoms with E-state index < -0.39 is 6.04 Å². The molecule has 1 aromatic rings. The molecular weight excluding hydrogens is 244 g/mol. The molecular formula is C14H22N2O3. The number of ether oxygens (including phenoxy) is 1. The minimum absolute atomic E-state index is 0.354. The Balaban J connectivity index is 2.89. The summed E-state index contributed by atoms with van der Waals surface area (Å²) in [6.45, 7) is 5.99. The Hall–Kier alpha value is -1.59. The highest BCUT2D eigenvalue weighted by Crippen LogP contribution is 2.28. The maximum absolute atomic E-state index is 11.5. The van der Waals surface area contributed by atoms with Crippen LogP contribution in [-0.4, -0.2) is 30.8 Å². The first-order valence-corrected chi connectivity index (χ1v) is 6.20. The van der Waals surface area contributed by atoms with Gasteiger partial charge in [0, 0.05) is 6.54 Å². The van der Waals surface area contributed by atoms with Crippen LogP contribution in [0.15, 0.2) is 6.07 Å². The number of nitrogens with one attached hydrogen (secondary N) is 1. The zero-order chi connectivity index (χ0) is 14.6. The van der Waals surface area contributed by atoms with E-state index in [1.807, 2.05) is 26.8 Å². The molecule has 1 rings (SSSR count). The van der Waals surface area contributed by atoms with Gasteiger partial charge in [0.2, 0.25) is 5.91 Å². The average molecular weight is 266 g/mol. The van der Waals surface area contributed by atoms with Crippen LogP contribution in [0.4, 0.5) is 0 Å². The molecule has 4 N–H and O–H groups in total. The van der Waals surface area contributed by atoms with Crippen LogP contribution in [0.1, 0.15) is 22.3 Å². The van der Waals surface area contributed by atoms with E-state index in [1.165, 1.54) is 0 Å². The molecule has 0 saturated heterocycles. The third-order valence-electron chi connectivity index (χ3n) is 3.32. The predicted molar refractivity (Wildman–Crippen MR) is 74.1 cm³/mol. The number of hydrogen-bond acceptors (Lipinski definition) is 4. The van der Waals surface area contributed by atoms with Gasteiger partial charge in [-0.25, -0.2) is 0 Å². The summed E-state index contributed by atoms with van der Waals surface area (Å²) in [6.07, 6.45) is 0. The second-order valence-electron chi connectivity index (χ2n) is 4.64. The highest BCUT2D eigenvalue weighted by molar-refractivity contribution is 5.81. The summed E-state index contributed by atoms with van der Waals surface area (Å²) in [6, 6.07) is 1.12. The molecule has 0 fully saturated rings. The highest BCUT2D eigenvalue weighted by Gasteiger charge is 2.14. The maximum Gasteiger partial charge on any atom is 0.239 e. The second kappa shape index (κ2) is 6.54. The predicted octanol–water partition coefficient (Wildman–Crippen LogP) is 0.556. The summed E-state index contributed by atoms with van der Waals surface area (Å²) in [7, 11) is 1.65. The Morgan fingerprint density at radius 2 is 2.05 bits per heavy atom. The van der Waals surface area contributed by atoms with Crippen LogP contribution in [0, 0.1) is 20.8 Å². The number of carbonyl (C=O) groups excluding carboxylic acids is 1. The number of carbonyl (C=O) groups is 1. The Kier molecular flexibility index (Phi) is 5.32. The lowest BCUT2D eigenvalue weighted by atomic mass is 9.98. The largest absolute Gasteiger partial charge is 0.496 e. The van der Waals surface area contributed by atoms with E-state index in [0.29, 0.717) is 6.54 Å². The van der Waals surface area contributed by atoms with E-state index >= 15 is 0 Å². The van der Waals surface area contributed by atoms with Crippen LogP contribution in [-0.2, 0) is 11.3 Å². The Morgan fingerprint density at radius 1 is 1.42 bits per heavy atom. The monoisotopic (exact) mass is 266 g/mol. The normalized spacial score (nSPS) is 12.1. The van der Waals surface area contributed by atoms with Crippen molar-refractivity contribution in [2.45, 2.75) is 33.4 Å². The van der Waals surface area contributed by atoms with E-state index in [4.69, 9.17) is 15.6 Å². The molecule has 5 nitrogen and oxygen atoms in total. The van der Waals surface area contributed by atoms with Crippen molar-refractivity contribution in [3.8, 4) is 5.75 Å². The number of amides is 1. The van der Waals surface area contributed by atoms with Crippen molar-refractivity contribution in [3.63, 3.8) is 0 Å². The zero-order valence-corrected chi connectivity index (χ0v) is 11.9. The molecule has 0 aromatic heterocycles. The smallest absolute Gasteiger partial charge is 0.239 e. The van der Waals surface area contributed by atoms with Gasteiger partial charge in [-0.05, 0) is 43.0 Å². The van der Waals surface area contributed by atoms with Gasteiger partial charge in [0.1, 0.15) is 11.8 Å². The van der Waals surface area contributed by atoms with Gasteiger partial charge >= 0.3 is 0 Å². The summed E-state index contributed by atoms with van der Waals surface area (Å²) in [5.74, 6) is 0.521. The molecule has 5 heteroatoms. The summed E-state index contributed by atoms with van der Waals surface area (Å²) >= 11 is 0. The first-order valence-electron chi connectivity index (χ1n) is 6.20. The van der Waals surface area contributed by atoms with Crippen LogP contribution in [0.3, 0.4) is 0 Å². The van der Waals surface area contributed by atoms with Crippen LogP contribution < -0.4 is 15.8 Å². The van der Waals surface area contributed by atoms with Crippen molar-refractivity contribution < 1.29 is 14.6 Å². The third kappa shape index (κ3) is 3.45. The van der Waals surface area contributed by atoms with Gasteiger partial charge in [-0.3, -0.25) is 4.79 Å². The van der Waals surface area contributed by atoms with Gasteiger partial charge < -0.3 is 20.9 Å². The maximum atomic E-state index is 11.5. The van der Waals surface area contributed by atoms with E-state index in [2.05, 4.69) is 5.32 Å². The van der Waals surface area contributed by atoms with Gasteiger partial charge in [0.15, 0.2) is 0 Å². The minimum Gasteiger partial charge on any atom is -0.496 e. The summed E-state index contributed by atoms with van der Waals surface area (Å²) in [5.41, 5.74) is 9.64. The lowest BCUT2D eigenvalue weighted by molar-refractivity contribution is -0.123. The lowest BCUT2D eigenvalue weighted by Crippen LogP contribution is -2.42. The molecule has 1 atom stereocenters. The molecule has 0 bridgehead atoms. The number of aliphatic hydroxyl groups excluding tert-OH is 1. The lowest BCUT2D eigenvalue weighted by Gasteiger charge is -2.17. The van der Waals surface area contributed by atoms with Gasteiger partial charge in [-0.2, -0.15) is 0 Å². The molecule has 1 unspecified atom stereocenters. The number of nitrogens with two attached hydrogens (primary N) is 1. The molecule has 0 aliphatic heterocycles. The Labute approximate surface area is 113 Å². The van der Waals surface area contributed by atoms with Crippen LogP contribution in [0.5, 0.6) is 5.75 Å². The molecule has 0 heterocycles. The van der Waals surface area contributed by atoms with Gasteiger partial charge in [0.25, 0.3) is 0 Å². The van der Waals surface area contributed by atoms with Crippen molar-refractivity contribution in [3.05, 3.63) is 28.3 Å². The molecule has 0 saturated carbocycles. The van der Waals surface area contributed by atoms with Crippen molar-refractivity contribution >= 4 is 5.91 Å². The third-order valence-corrected chi connectivity index (χ3v) is 3.32. The minimum atomic E-state index is -0.874. The number of rotatable bonds is 5. The average Bonchev–Trinajstić information content (AvgIpc) is 2.40. The summed E-state index contributed by atoms with van der Waals surface area (Å²) in [5, 5.41) is 11.5. The number of benzene rings is 1. The highest BCUT2D eigenvalue weighted by atomic mass is 16.5. The molecule has 0 aliphatic rings. The van der Waals surface area contributed by atoms with Crippen molar-refractivity contribution in [1.82, 2.24) is 5.32 Å². The number of aliphatic hydroxyl groups is 1. The van der Waals surface area contributed by atoms with E-state index in [1.54, 1.807) is 7.11 Å². The first kappa shape index (κ1) is 15.5. The van der Waals surface area contributed by atoms with Crippen molar-refractivity contribution in [2.24, 2.45) is 5.73 Å². The molecule has 106 valence electrons. The summed E-state index contributed by atoms with van der Waals surface area (Å²) < 4.78 is 5.35. The fraction of sp³-hybridized carbons (Fsp3) is 0.500. The topological polar surface area (TPSA) is 84.6 Å². The van der Waals surface area contributed by atoms with Gasteiger partial charge in [0.05, 0.1) is 13.7 Å². The molecule has 19 heavy (non-hydrogen) atoms. The Morgan fingerprint density at radius 3 is 2.58 bits per heavy atom. The fourth-order valence-electron chi connectivity index (χ4n) is 2.04.